The highest BCUT2D eigenvalue weighted by atomic mass is 32.1. The van der Waals surface area contributed by atoms with Crippen LogP contribution in [-0.2, 0) is 35.2 Å². The molecular weight excluding hydrogens is 500 g/mol. The Kier molecular flexibility index (Phi) is 10.9. The molecule has 36 heavy (non-hydrogen) atoms. The summed E-state index contributed by atoms with van der Waals surface area (Å²) in [6, 6.07) is 0. The lowest BCUT2D eigenvalue weighted by Crippen LogP contribution is -2.38. The van der Waals surface area contributed by atoms with E-state index >= 15 is 0 Å². The smallest absolute Gasteiger partial charge is 0.414 e. The number of carboxylic acid groups (broad SMARTS) is 4. The maximum absolute atomic E-state index is 9.10. The first kappa shape index (κ1) is 28.8. The second kappa shape index (κ2) is 13.6. The minimum Gasteiger partial charge on any atom is -0.473 e. The fourth-order valence-electron chi connectivity index (χ4n) is 3.31. The molecule has 2 aliphatic heterocycles. The van der Waals surface area contributed by atoms with Crippen LogP contribution in [0.1, 0.15) is 16.3 Å². The number of hydrogen-bond donors (Lipinski definition) is 4. The second-order valence-corrected chi connectivity index (χ2v) is 8.84. The van der Waals surface area contributed by atoms with Gasteiger partial charge in [0.1, 0.15) is 16.5 Å². The maximum atomic E-state index is 9.10. The van der Waals surface area contributed by atoms with Crippen molar-refractivity contribution in [3.63, 3.8) is 0 Å². The van der Waals surface area contributed by atoms with Gasteiger partial charge in [-0.15, -0.1) is 11.3 Å². The van der Waals surface area contributed by atoms with Crippen LogP contribution in [0.5, 0.6) is 0 Å². The Labute approximate surface area is 209 Å². The zero-order valence-corrected chi connectivity index (χ0v) is 20.6. The number of ether oxygens (including phenoxy) is 2. The van der Waals surface area contributed by atoms with Crippen LogP contribution in [0.3, 0.4) is 0 Å². The summed E-state index contributed by atoms with van der Waals surface area (Å²) in [5.41, 5.74) is 1.31. The maximum Gasteiger partial charge on any atom is 0.414 e. The van der Waals surface area contributed by atoms with Crippen molar-refractivity contribution in [2.45, 2.75) is 20.4 Å². The largest absolute Gasteiger partial charge is 0.473 e. The Balaban J connectivity index is 0.000000319. The van der Waals surface area contributed by atoms with Crippen molar-refractivity contribution in [1.82, 2.24) is 14.9 Å². The number of fused-ring (bicyclic) bond motifs is 1. The van der Waals surface area contributed by atoms with E-state index in [4.69, 9.17) is 59.0 Å². The molecule has 4 N–H and O–H groups in total. The Morgan fingerprint density at radius 1 is 0.806 bits per heavy atom. The quantitative estimate of drug-likeness (QED) is 0.396. The summed E-state index contributed by atoms with van der Waals surface area (Å²) in [5, 5.41) is 30.8. The van der Waals surface area contributed by atoms with Crippen LogP contribution in [0.2, 0.25) is 0 Å². The van der Waals surface area contributed by atoms with Crippen LogP contribution in [0, 0.1) is 13.8 Å². The molecule has 0 aromatic carbocycles. The second-order valence-electron chi connectivity index (χ2n) is 7.64. The minimum atomic E-state index is -1.82. The molecule has 0 radical (unpaired) electrons. The topological polar surface area (TPSA) is 200 Å². The molecule has 14 nitrogen and oxygen atoms in total. The van der Waals surface area contributed by atoms with E-state index in [1.165, 1.54) is 15.8 Å². The number of thiophene rings is 1. The lowest BCUT2D eigenvalue weighted by atomic mass is 10.2. The third-order valence-electron chi connectivity index (χ3n) is 5.20. The lowest BCUT2D eigenvalue weighted by molar-refractivity contribution is -0.159. The zero-order chi connectivity index (χ0) is 26.8. The van der Waals surface area contributed by atoms with Crippen LogP contribution >= 0.6 is 11.3 Å². The van der Waals surface area contributed by atoms with E-state index in [-0.39, 0.29) is 0 Å². The van der Waals surface area contributed by atoms with Gasteiger partial charge in [-0.05, 0) is 19.4 Å². The molecule has 0 aliphatic carbocycles. The van der Waals surface area contributed by atoms with Gasteiger partial charge in [0.15, 0.2) is 0 Å². The molecule has 0 spiro atoms. The number of aryl methyl sites for hydroxylation is 2. The van der Waals surface area contributed by atoms with Gasteiger partial charge < -0.3 is 34.8 Å². The molecular formula is C21H28N4O10S. The third-order valence-corrected chi connectivity index (χ3v) is 6.30. The van der Waals surface area contributed by atoms with Crippen LogP contribution in [0.15, 0.2) is 0 Å². The number of hydrogen-bond acceptors (Lipinski definition) is 11. The standard InChI is InChI=1S/C17H24N4O2S.2C2H2O4/c1-12-13(2)24-17-15(12)16(21-5-9-23-10-6-21)18-14(19-17)11-20-3-7-22-8-4-20;2*3-1(4)2(5)6/h3-11H2,1-2H3;2*(H,3,4)(H,5,6). The highest BCUT2D eigenvalue weighted by Gasteiger charge is 2.22. The first-order valence-corrected chi connectivity index (χ1v) is 11.6. The van der Waals surface area contributed by atoms with Crippen molar-refractivity contribution >= 4 is 51.2 Å². The number of aliphatic carboxylic acids is 4. The van der Waals surface area contributed by atoms with Gasteiger partial charge in [0, 0.05) is 31.1 Å². The monoisotopic (exact) mass is 528 g/mol. The Hall–Kier alpha value is -3.40. The van der Waals surface area contributed by atoms with E-state index in [9.17, 15) is 0 Å². The van der Waals surface area contributed by atoms with E-state index in [1.54, 1.807) is 11.3 Å². The summed E-state index contributed by atoms with van der Waals surface area (Å²) in [6.07, 6.45) is 0. The Morgan fingerprint density at radius 3 is 1.75 bits per heavy atom. The number of anilines is 1. The van der Waals surface area contributed by atoms with Crippen molar-refractivity contribution in [3.05, 3.63) is 16.3 Å². The number of carboxylic acids is 4. The highest BCUT2D eigenvalue weighted by Crippen LogP contribution is 2.35. The van der Waals surface area contributed by atoms with E-state index in [0.29, 0.717) is 0 Å². The van der Waals surface area contributed by atoms with E-state index in [0.717, 1.165) is 75.6 Å². The van der Waals surface area contributed by atoms with Crippen molar-refractivity contribution in [3.8, 4) is 0 Å². The number of rotatable bonds is 3. The van der Waals surface area contributed by atoms with Gasteiger partial charge >= 0.3 is 23.9 Å². The number of aromatic nitrogens is 2. The third kappa shape index (κ3) is 8.37. The molecule has 2 aliphatic rings. The number of nitrogens with zero attached hydrogens (tertiary/aromatic N) is 4. The summed E-state index contributed by atoms with van der Waals surface area (Å²) in [4.78, 5) is 53.4. The fraction of sp³-hybridized carbons (Fsp3) is 0.524. The summed E-state index contributed by atoms with van der Waals surface area (Å²) >= 11 is 1.78. The van der Waals surface area contributed by atoms with E-state index < -0.39 is 23.9 Å². The summed E-state index contributed by atoms with van der Waals surface area (Å²) in [7, 11) is 0. The van der Waals surface area contributed by atoms with Gasteiger partial charge in [-0.25, -0.2) is 29.1 Å². The average molecular weight is 529 g/mol. The number of carbonyl (C=O) groups is 4. The fourth-order valence-corrected chi connectivity index (χ4v) is 4.35. The van der Waals surface area contributed by atoms with Gasteiger partial charge in [0.2, 0.25) is 0 Å². The summed E-state index contributed by atoms with van der Waals surface area (Å²) in [6.45, 7) is 12.0. The van der Waals surface area contributed by atoms with Gasteiger partial charge in [-0.3, -0.25) is 4.90 Å². The minimum absolute atomic E-state index is 0.770. The summed E-state index contributed by atoms with van der Waals surface area (Å²) < 4.78 is 11.0. The molecule has 0 atom stereocenters. The predicted octanol–water partition coefficient (Wildman–Crippen LogP) is 0.288. The van der Waals surface area contributed by atoms with Crippen molar-refractivity contribution < 1.29 is 49.1 Å². The van der Waals surface area contributed by atoms with Crippen LogP contribution < -0.4 is 4.90 Å². The van der Waals surface area contributed by atoms with Crippen molar-refractivity contribution in [2.75, 3.05) is 57.5 Å². The molecule has 2 fully saturated rings. The van der Waals surface area contributed by atoms with Crippen LogP contribution in [0.25, 0.3) is 10.2 Å². The van der Waals surface area contributed by atoms with Gasteiger partial charge in [-0.2, -0.15) is 0 Å². The molecule has 4 heterocycles. The summed E-state index contributed by atoms with van der Waals surface area (Å²) in [5.74, 6) is -5.28. The Morgan fingerprint density at radius 2 is 1.28 bits per heavy atom. The highest BCUT2D eigenvalue weighted by molar-refractivity contribution is 7.18. The molecule has 0 unspecified atom stereocenters. The normalized spacial score (nSPS) is 15.8. The lowest BCUT2D eigenvalue weighted by Gasteiger charge is -2.29. The molecule has 198 valence electrons. The molecule has 2 saturated heterocycles. The predicted molar refractivity (Wildman–Crippen MR) is 127 cm³/mol. The van der Waals surface area contributed by atoms with Crippen molar-refractivity contribution in [1.29, 1.82) is 0 Å². The first-order chi connectivity index (χ1) is 17.0. The van der Waals surface area contributed by atoms with Crippen LogP contribution in [-0.4, -0.2) is 112 Å². The van der Waals surface area contributed by atoms with Gasteiger partial charge in [-0.1, -0.05) is 0 Å². The molecule has 2 aromatic heterocycles. The number of morpholine rings is 2. The first-order valence-electron chi connectivity index (χ1n) is 10.8. The molecule has 15 heteroatoms. The molecule has 0 bridgehead atoms. The molecule has 2 aromatic rings. The Bertz CT molecular complexity index is 1050. The van der Waals surface area contributed by atoms with Crippen LogP contribution in [0.4, 0.5) is 5.82 Å². The zero-order valence-electron chi connectivity index (χ0n) is 19.8. The average Bonchev–Trinajstić information content (AvgIpc) is 3.13. The van der Waals surface area contributed by atoms with Crippen molar-refractivity contribution in [2.24, 2.45) is 0 Å². The molecule has 0 saturated carbocycles. The molecule has 0 amide bonds. The van der Waals surface area contributed by atoms with E-state index in [2.05, 4.69) is 23.6 Å². The van der Waals surface area contributed by atoms with Gasteiger partial charge in [0.05, 0.1) is 38.4 Å². The van der Waals surface area contributed by atoms with Gasteiger partial charge in [0.25, 0.3) is 0 Å². The van der Waals surface area contributed by atoms with E-state index in [1.807, 2.05) is 0 Å². The SMILES string of the molecule is Cc1sc2nc(CN3CCOCC3)nc(N3CCOCC3)c2c1C.O=C(O)C(=O)O.O=C(O)C(=O)O. The molecule has 4 rings (SSSR count).